The van der Waals surface area contributed by atoms with Crippen LogP contribution in [0.5, 0.6) is 0 Å². The van der Waals surface area contributed by atoms with Crippen molar-refractivity contribution in [3.05, 3.63) is 30.1 Å². The number of nitriles is 1. The Balaban J connectivity index is 2.88. The molecule has 0 saturated heterocycles. The lowest BCUT2D eigenvalue weighted by Gasteiger charge is -2.33. The van der Waals surface area contributed by atoms with E-state index in [1.165, 1.54) is 0 Å². The smallest absolute Gasteiger partial charge is 0.0635 e. The summed E-state index contributed by atoms with van der Waals surface area (Å²) in [6, 6.07) is 6.12. The molecular weight excluding hydrogens is 240 g/mol. The molecule has 0 bridgehead atoms. The van der Waals surface area contributed by atoms with Crippen LogP contribution in [-0.4, -0.2) is 42.7 Å². The third-order valence-corrected chi connectivity index (χ3v) is 3.01. The highest BCUT2D eigenvalue weighted by Crippen LogP contribution is 2.22. The first-order chi connectivity index (χ1) is 9.20. The highest BCUT2D eigenvalue weighted by molar-refractivity contribution is 5.16. The molecule has 5 nitrogen and oxygen atoms in total. The number of ether oxygens (including phenoxy) is 1. The summed E-state index contributed by atoms with van der Waals surface area (Å²) in [6.07, 6.45) is 4.06. The summed E-state index contributed by atoms with van der Waals surface area (Å²) in [4.78, 5) is 6.34. The third kappa shape index (κ3) is 4.95. The van der Waals surface area contributed by atoms with Gasteiger partial charge in [0.1, 0.15) is 0 Å². The topological polar surface area (TPSA) is 75.2 Å². The van der Waals surface area contributed by atoms with Gasteiger partial charge in [0.15, 0.2) is 0 Å². The minimum atomic E-state index is -0.0419. The molecule has 5 heteroatoms. The fraction of sp³-hybridized carbons (Fsp3) is 0.571. The molecule has 2 N–H and O–H groups in total. The Hall–Kier alpha value is -1.48. The summed E-state index contributed by atoms with van der Waals surface area (Å²) >= 11 is 0. The average molecular weight is 262 g/mol. The van der Waals surface area contributed by atoms with E-state index in [4.69, 9.17) is 15.7 Å². The summed E-state index contributed by atoms with van der Waals surface area (Å²) in [5.74, 6) is 0. The van der Waals surface area contributed by atoms with Gasteiger partial charge < -0.3 is 10.5 Å². The summed E-state index contributed by atoms with van der Waals surface area (Å²) in [5.41, 5.74) is 7.20. The van der Waals surface area contributed by atoms with Crippen LogP contribution in [0.25, 0.3) is 0 Å². The number of aromatic nitrogens is 1. The van der Waals surface area contributed by atoms with Gasteiger partial charge >= 0.3 is 0 Å². The first-order valence-electron chi connectivity index (χ1n) is 6.46. The zero-order valence-corrected chi connectivity index (χ0v) is 11.6. The van der Waals surface area contributed by atoms with Gasteiger partial charge in [0.25, 0.3) is 0 Å². The predicted octanol–water partition coefficient (Wildman–Crippen LogP) is 1.33. The van der Waals surface area contributed by atoms with Crippen molar-refractivity contribution < 1.29 is 4.74 Å². The molecule has 2 atom stereocenters. The molecule has 2 unspecified atom stereocenters. The van der Waals surface area contributed by atoms with Gasteiger partial charge in [-0.3, -0.25) is 9.88 Å². The summed E-state index contributed by atoms with van der Waals surface area (Å²) in [6.45, 7) is 4.03. The maximum absolute atomic E-state index is 8.78. The van der Waals surface area contributed by atoms with E-state index in [9.17, 15) is 0 Å². The second-order valence-electron chi connectivity index (χ2n) is 4.53. The van der Waals surface area contributed by atoms with E-state index >= 15 is 0 Å². The monoisotopic (exact) mass is 262 g/mol. The maximum Gasteiger partial charge on any atom is 0.0635 e. The van der Waals surface area contributed by atoms with Crippen molar-refractivity contribution in [1.29, 1.82) is 5.26 Å². The molecule has 19 heavy (non-hydrogen) atoms. The van der Waals surface area contributed by atoms with Crippen molar-refractivity contribution in [2.24, 2.45) is 5.73 Å². The number of pyridine rings is 1. The number of rotatable bonds is 8. The molecule has 0 aliphatic rings. The van der Waals surface area contributed by atoms with Gasteiger partial charge in [-0.05, 0) is 18.6 Å². The second-order valence-corrected chi connectivity index (χ2v) is 4.53. The SMILES string of the molecule is COCCN(CCC#N)C(c1cccnc1)C(C)N. The first-order valence-corrected chi connectivity index (χ1v) is 6.46. The van der Waals surface area contributed by atoms with Gasteiger partial charge in [-0.1, -0.05) is 6.07 Å². The molecule has 0 aliphatic carbocycles. The Bertz CT molecular complexity index is 388. The summed E-state index contributed by atoms with van der Waals surface area (Å²) in [5, 5.41) is 8.78. The Labute approximate surface area is 115 Å². The zero-order valence-electron chi connectivity index (χ0n) is 11.6. The summed E-state index contributed by atoms with van der Waals surface area (Å²) < 4.78 is 5.14. The van der Waals surface area contributed by atoms with Crippen molar-refractivity contribution in [2.75, 3.05) is 26.8 Å². The van der Waals surface area contributed by atoms with Crippen molar-refractivity contribution >= 4 is 0 Å². The molecule has 1 rings (SSSR count). The van der Waals surface area contributed by atoms with Gasteiger partial charge in [-0.2, -0.15) is 5.26 Å². The maximum atomic E-state index is 8.78. The summed E-state index contributed by atoms with van der Waals surface area (Å²) in [7, 11) is 1.67. The van der Waals surface area contributed by atoms with Crippen LogP contribution < -0.4 is 5.73 Å². The number of hydrogen-bond donors (Lipinski definition) is 1. The number of nitrogens with two attached hydrogens (primary N) is 1. The minimum Gasteiger partial charge on any atom is -0.383 e. The van der Waals surface area contributed by atoms with Gasteiger partial charge in [0.2, 0.25) is 0 Å². The molecule has 0 amide bonds. The van der Waals surface area contributed by atoms with Crippen LogP contribution in [0.4, 0.5) is 0 Å². The lowest BCUT2D eigenvalue weighted by atomic mass is 10.0. The Morgan fingerprint density at radius 3 is 2.84 bits per heavy atom. The van der Waals surface area contributed by atoms with Crippen LogP contribution in [0.15, 0.2) is 24.5 Å². The van der Waals surface area contributed by atoms with Gasteiger partial charge in [0.05, 0.1) is 18.7 Å². The van der Waals surface area contributed by atoms with Gasteiger partial charge in [-0.25, -0.2) is 0 Å². The molecular formula is C14H22N4O. The highest BCUT2D eigenvalue weighted by Gasteiger charge is 2.23. The quantitative estimate of drug-likeness (QED) is 0.765. The zero-order chi connectivity index (χ0) is 14.1. The van der Waals surface area contributed by atoms with E-state index in [2.05, 4.69) is 16.0 Å². The average Bonchev–Trinajstić information content (AvgIpc) is 2.42. The fourth-order valence-electron chi connectivity index (χ4n) is 2.19. The molecule has 1 heterocycles. The molecule has 0 spiro atoms. The molecule has 0 radical (unpaired) electrons. The second kappa shape index (κ2) is 8.59. The van der Waals surface area contributed by atoms with E-state index in [1.807, 2.05) is 25.3 Å². The minimum absolute atomic E-state index is 0.0419. The Morgan fingerprint density at radius 2 is 2.32 bits per heavy atom. The molecule has 0 aliphatic heterocycles. The van der Waals surface area contributed by atoms with Crippen LogP contribution in [0.2, 0.25) is 0 Å². The molecule has 1 aromatic rings. The van der Waals surface area contributed by atoms with E-state index in [0.717, 1.165) is 12.1 Å². The number of nitrogens with zero attached hydrogens (tertiary/aromatic N) is 3. The Morgan fingerprint density at radius 1 is 1.53 bits per heavy atom. The number of hydrogen-bond acceptors (Lipinski definition) is 5. The van der Waals surface area contributed by atoms with E-state index in [-0.39, 0.29) is 12.1 Å². The molecule has 0 saturated carbocycles. The van der Waals surface area contributed by atoms with Gasteiger partial charge in [0, 0.05) is 45.1 Å². The van der Waals surface area contributed by atoms with Crippen molar-refractivity contribution in [2.45, 2.75) is 25.4 Å². The predicted molar refractivity (Wildman–Crippen MR) is 74.3 cm³/mol. The largest absolute Gasteiger partial charge is 0.383 e. The van der Waals surface area contributed by atoms with Crippen LogP contribution >= 0.6 is 0 Å². The highest BCUT2D eigenvalue weighted by atomic mass is 16.5. The molecule has 104 valence electrons. The van der Waals surface area contributed by atoms with Crippen molar-refractivity contribution in [3.63, 3.8) is 0 Å². The van der Waals surface area contributed by atoms with Crippen molar-refractivity contribution in [1.82, 2.24) is 9.88 Å². The number of methoxy groups -OCH3 is 1. The van der Waals surface area contributed by atoms with Crippen LogP contribution in [0, 0.1) is 11.3 Å². The fourth-order valence-corrected chi connectivity index (χ4v) is 2.19. The third-order valence-electron chi connectivity index (χ3n) is 3.01. The molecule has 1 aromatic heterocycles. The van der Waals surface area contributed by atoms with E-state index in [0.29, 0.717) is 19.6 Å². The van der Waals surface area contributed by atoms with E-state index in [1.54, 1.807) is 13.3 Å². The molecule has 0 fully saturated rings. The van der Waals surface area contributed by atoms with Crippen LogP contribution in [-0.2, 0) is 4.74 Å². The lowest BCUT2D eigenvalue weighted by molar-refractivity contribution is 0.112. The van der Waals surface area contributed by atoms with Crippen LogP contribution in [0.3, 0.4) is 0 Å². The molecule has 0 aromatic carbocycles. The van der Waals surface area contributed by atoms with Crippen LogP contribution in [0.1, 0.15) is 24.9 Å². The van der Waals surface area contributed by atoms with E-state index < -0.39 is 0 Å². The first kappa shape index (κ1) is 15.6. The van der Waals surface area contributed by atoms with Gasteiger partial charge in [-0.15, -0.1) is 0 Å². The van der Waals surface area contributed by atoms with Crippen molar-refractivity contribution in [3.8, 4) is 6.07 Å². The Kier molecular flexibility index (Phi) is 7.04. The lowest BCUT2D eigenvalue weighted by Crippen LogP contribution is -2.41. The standard InChI is InChI=1S/C14H22N4O/c1-12(16)14(13-5-3-7-17-11-13)18(8-4-6-15)9-10-19-2/h3,5,7,11-12,14H,4,8-10,16H2,1-2H3. The normalized spacial score (nSPS) is 14.1.